The smallest absolute Gasteiger partial charge is 0.254 e. The van der Waals surface area contributed by atoms with Crippen molar-refractivity contribution in [3.63, 3.8) is 0 Å². The number of halogens is 1. The van der Waals surface area contributed by atoms with Crippen LogP contribution in [0.2, 0.25) is 0 Å². The third-order valence-electron chi connectivity index (χ3n) is 2.59. The number of furan rings is 1. The Kier molecular flexibility index (Phi) is 3.46. The normalized spacial score (nSPS) is 10.4. The lowest BCUT2D eigenvalue weighted by molar-refractivity contribution is 0.0944. The molecule has 1 aromatic carbocycles. The summed E-state index contributed by atoms with van der Waals surface area (Å²) >= 11 is 0. The number of nitrogens with one attached hydrogen (secondary N) is 1. The van der Waals surface area contributed by atoms with Crippen LogP contribution in [-0.4, -0.2) is 5.91 Å². The van der Waals surface area contributed by atoms with Gasteiger partial charge < -0.3 is 9.73 Å². The number of hydrogen-bond donors (Lipinski definition) is 1. The molecule has 2 rings (SSSR count). The second-order valence-corrected chi connectivity index (χ2v) is 4.18. The van der Waals surface area contributed by atoms with Crippen LogP contribution in [0.15, 0.2) is 34.7 Å². The Morgan fingerprint density at radius 3 is 2.67 bits per heavy atom. The van der Waals surface area contributed by atoms with Crippen LogP contribution >= 0.6 is 0 Å². The first-order valence-corrected chi connectivity index (χ1v) is 5.66. The molecule has 94 valence electrons. The van der Waals surface area contributed by atoms with Gasteiger partial charge >= 0.3 is 0 Å². The highest BCUT2D eigenvalue weighted by molar-refractivity contribution is 5.94. The third kappa shape index (κ3) is 2.77. The summed E-state index contributed by atoms with van der Waals surface area (Å²) in [7, 11) is 0. The van der Waals surface area contributed by atoms with Crippen LogP contribution in [0.5, 0.6) is 0 Å². The van der Waals surface area contributed by atoms with Crippen LogP contribution in [-0.2, 0) is 6.54 Å². The van der Waals surface area contributed by atoms with Gasteiger partial charge in [0.15, 0.2) is 0 Å². The van der Waals surface area contributed by atoms with E-state index in [1.165, 1.54) is 12.1 Å². The molecule has 1 aromatic heterocycles. The second-order valence-electron chi connectivity index (χ2n) is 4.18. The van der Waals surface area contributed by atoms with Crippen molar-refractivity contribution < 1.29 is 13.6 Å². The van der Waals surface area contributed by atoms with Crippen molar-refractivity contribution in [1.82, 2.24) is 5.32 Å². The summed E-state index contributed by atoms with van der Waals surface area (Å²) < 4.78 is 18.9. The lowest BCUT2D eigenvalue weighted by Crippen LogP contribution is -2.23. The van der Waals surface area contributed by atoms with Gasteiger partial charge in [0.1, 0.15) is 17.3 Å². The fraction of sp³-hybridized carbons (Fsp3) is 0.214. The van der Waals surface area contributed by atoms with Gasteiger partial charge in [-0.3, -0.25) is 4.79 Å². The zero-order valence-electron chi connectivity index (χ0n) is 10.3. The molecule has 18 heavy (non-hydrogen) atoms. The molecule has 0 radical (unpaired) electrons. The predicted molar refractivity (Wildman–Crippen MR) is 65.8 cm³/mol. The SMILES string of the molecule is Cc1ccc(C(=O)NCc2ccc(C)o2)c(F)c1. The first kappa shape index (κ1) is 12.4. The Morgan fingerprint density at radius 2 is 2.06 bits per heavy atom. The monoisotopic (exact) mass is 247 g/mol. The minimum absolute atomic E-state index is 0.0453. The molecule has 0 saturated carbocycles. The van der Waals surface area contributed by atoms with Gasteiger partial charge in [0.25, 0.3) is 5.91 Å². The average Bonchev–Trinajstić information content (AvgIpc) is 2.72. The second kappa shape index (κ2) is 5.04. The highest BCUT2D eigenvalue weighted by atomic mass is 19.1. The summed E-state index contributed by atoms with van der Waals surface area (Å²) in [5, 5.41) is 2.62. The van der Waals surface area contributed by atoms with Crippen LogP contribution in [0.1, 0.15) is 27.4 Å². The van der Waals surface area contributed by atoms with E-state index in [4.69, 9.17) is 4.42 Å². The summed E-state index contributed by atoms with van der Waals surface area (Å²) in [5.41, 5.74) is 0.828. The molecular formula is C14H14FNO2. The molecule has 0 saturated heterocycles. The van der Waals surface area contributed by atoms with E-state index in [9.17, 15) is 9.18 Å². The van der Waals surface area contributed by atoms with Crippen molar-refractivity contribution in [2.45, 2.75) is 20.4 Å². The number of benzene rings is 1. The molecule has 0 bridgehead atoms. The van der Waals surface area contributed by atoms with Gasteiger partial charge in [-0.1, -0.05) is 6.07 Å². The van der Waals surface area contributed by atoms with E-state index in [0.717, 1.165) is 11.3 Å². The average molecular weight is 247 g/mol. The first-order valence-electron chi connectivity index (χ1n) is 5.66. The van der Waals surface area contributed by atoms with Gasteiger partial charge in [0.2, 0.25) is 0 Å². The van der Waals surface area contributed by atoms with Gasteiger partial charge in [-0.2, -0.15) is 0 Å². The molecule has 3 nitrogen and oxygen atoms in total. The predicted octanol–water partition coefficient (Wildman–Crippen LogP) is 2.97. The number of hydrogen-bond acceptors (Lipinski definition) is 2. The van der Waals surface area contributed by atoms with Crippen molar-refractivity contribution in [1.29, 1.82) is 0 Å². The summed E-state index contributed by atoms with van der Waals surface area (Å²) in [4.78, 5) is 11.8. The van der Waals surface area contributed by atoms with E-state index in [1.54, 1.807) is 19.1 Å². The molecule has 0 aliphatic carbocycles. The van der Waals surface area contributed by atoms with Gasteiger partial charge in [0.05, 0.1) is 12.1 Å². The number of aryl methyl sites for hydroxylation is 2. The molecule has 0 unspecified atom stereocenters. The minimum atomic E-state index is -0.511. The van der Waals surface area contributed by atoms with Crippen molar-refractivity contribution in [2.75, 3.05) is 0 Å². The fourth-order valence-corrected chi connectivity index (χ4v) is 1.65. The Labute approximate surface area is 105 Å². The highest BCUT2D eigenvalue weighted by Gasteiger charge is 2.11. The maximum Gasteiger partial charge on any atom is 0.254 e. The summed E-state index contributed by atoms with van der Waals surface area (Å²) in [6.07, 6.45) is 0. The molecular weight excluding hydrogens is 233 g/mol. The summed E-state index contributed by atoms with van der Waals surface area (Å²) in [5.74, 6) is 0.471. The lowest BCUT2D eigenvalue weighted by atomic mass is 10.1. The number of carbonyl (C=O) groups is 1. The van der Waals surface area contributed by atoms with Crippen LogP contribution in [0, 0.1) is 19.7 Å². The largest absolute Gasteiger partial charge is 0.465 e. The topological polar surface area (TPSA) is 42.2 Å². The Morgan fingerprint density at radius 1 is 1.28 bits per heavy atom. The number of amides is 1. The van der Waals surface area contributed by atoms with Crippen molar-refractivity contribution in [2.24, 2.45) is 0 Å². The van der Waals surface area contributed by atoms with Crippen LogP contribution in [0.25, 0.3) is 0 Å². The van der Waals surface area contributed by atoms with E-state index in [2.05, 4.69) is 5.32 Å². The minimum Gasteiger partial charge on any atom is -0.465 e. The Bertz CT molecular complexity index is 575. The molecule has 4 heteroatoms. The van der Waals surface area contributed by atoms with Crippen molar-refractivity contribution >= 4 is 5.91 Å². The first-order chi connectivity index (χ1) is 8.56. The van der Waals surface area contributed by atoms with E-state index in [-0.39, 0.29) is 12.1 Å². The quantitative estimate of drug-likeness (QED) is 0.906. The van der Waals surface area contributed by atoms with Crippen molar-refractivity contribution in [3.05, 3.63) is 58.8 Å². The molecule has 0 atom stereocenters. The molecule has 2 aromatic rings. The van der Waals surface area contributed by atoms with Gasteiger partial charge in [-0.05, 0) is 43.7 Å². The molecule has 0 aliphatic rings. The zero-order chi connectivity index (χ0) is 13.1. The summed E-state index contributed by atoms with van der Waals surface area (Å²) in [6.45, 7) is 3.85. The Balaban J connectivity index is 2.03. The number of carbonyl (C=O) groups excluding carboxylic acids is 1. The summed E-state index contributed by atoms with van der Waals surface area (Å²) in [6, 6.07) is 8.11. The van der Waals surface area contributed by atoms with E-state index in [0.29, 0.717) is 5.76 Å². The number of rotatable bonds is 3. The van der Waals surface area contributed by atoms with E-state index >= 15 is 0 Å². The fourth-order valence-electron chi connectivity index (χ4n) is 1.65. The highest BCUT2D eigenvalue weighted by Crippen LogP contribution is 2.10. The molecule has 0 aliphatic heterocycles. The van der Waals surface area contributed by atoms with Gasteiger partial charge in [0, 0.05) is 0 Å². The van der Waals surface area contributed by atoms with E-state index < -0.39 is 11.7 Å². The van der Waals surface area contributed by atoms with Crippen LogP contribution < -0.4 is 5.32 Å². The van der Waals surface area contributed by atoms with Crippen LogP contribution in [0.4, 0.5) is 4.39 Å². The molecule has 0 spiro atoms. The lowest BCUT2D eigenvalue weighted by Gasteiger charge is -2.05. The maximum atomic E-state index is 13.5. The van der Waals surface area contributed by atoms with Gasteiger partial charge in [-0.25, -0.2) is 4.39 Å². The van der Waals surface area contributed by atoms with Gasteiger partial charge in [-0.15, -0.1) is 0 Å². The van der Waals surface area contributed by atoms with Crippen LogP contribution in [0.3, 0.4) is 0 Å². The Hall–Kier alpha value is -2.10. The van der Waals surface area contributed by atoms with E-state index in [1.807, 2.05) is 13.0 Å². The molecule has 1 heterocycles. The maximum absolute atomic E-state index is 13.5. The standard InChI is InChI=1S/C14H14FNO2/c1-9-3-6-12(13(15)7-9)14(17)16-8-11-5-4-10(2)18-11/h3-7H,8H2,1-2H3,(H,16,17). The molecule has 1 N–H and O–H groups in total. The molecule has 1 amide bonds. The third-order valence-corrected chi connectivity index (χ3v) is 2.59. The van der Waals surface area contributed by atoms with Crippen molar-refractivity contribution in [3.8, 4) is 0 Å². The molecule has 0 fully saturated rings. The zero-order valence-corrected chi connectivity index (χ0v) is 10.3.